The van der Waals surface area contributed by atoms with Crippen molar-refractivity contribution in [1.82, 2.24) is 0 Å². The van der Waals surface area contributed by atoms with Crippen molar-refractivity contribution in [2.45, 2.75) is 31.7 Å². The fourth-order valence-corrected chi connectivity index (χ4v) is 4.59. The second kappa shape index (κ2) is 6.84. The molecule has 5 N–H and O–H groups in total. The SMILES string of the molecule is CC1C[C@H](O)C(COP(=O)(O)OP(=O)(O)OP(=O)(O)O)O1. The number of aliphatic hydroxyl groups excluding tert-OH is 1. The lowest BCUT2D eigenvalue weighted by molar-refractivity contribution is -0.0167. The van der Waals surface area contributed by atoms with Gasteiger partial charge in [0.15, 0.2) is 0 Å². The van der Waals surface area contributed by atoms with E-state index in [9.17, 15) is 18.8 Å². The van der Waals surface area contributed by atoms with Crippen LogP contribution in [0.25, 0.3) is 0 Å². The average Bonchev–Trinajstić information content (AvgIpc) is 2.48. The summed E-state index contributed by atoms with van der Waals surface area (Å²) in [6, 6.07) is 0. The number of rotatable bonds is 7. The second-order valence-corrected chi connectivity index (χ2v) is 8.59. The summed E-state index contributed by atoms with van der Waals surface area (Å²) in [5.41, 5.74) is 0. The Balaban J connectivity index is 2.56. The predicted molar refractivity (Wildman–Crippen MR) is 64.8 cm³/mol. The Kier molecular flexibility index (Phi) is 6.31. The third-order valence-electron chi connectivity index (χ3n) is 2.23. The van der Waals surface area contributed by atoms with Crippen molar-refractivity contribution in [3.63, 3.8) is 0 Å². The number of phosphoric ester groups is 1. The molecule has 0 aromatic rings. The van der Waals surface area contributed by atoms with Crippen molar-refractivity contribution in [3.05, 3.63) is 0 Å². The zero-order chi connectivity index (χ0) is 16.5. The summed E-state index contributed by atoms with van der Waals surface area (Å²) in [6.07, 6.45) is -1.96. The van der Waals surface area contributed by atoms with Crippen LogP contribution in [0.3, 0.4) is 0 Å². The van der Waals surface area contributed by atoms with Crippen molar-refractivity contribution in [1.29, 1.82) is 0 Å². The molecular formula is C6H15O12P3. The van der Waals surface area contributed by atoms with Gasteiger partial charge in [0.2, 0.25) is 0 Å². The van der Waals surface area contributed by atoms with Crippen LogP contribution in [0.4, 0.5) is 0 Å². The van der Waals surface area contributed by atoms with E-state index in [0.717, 1.165) is 0 Å². The summed E-state index contributed by atoms with van der Waals surface area (Å²) in [5.74, 6) is 0. The van der Waals surface area contributed by atoms with Gasteiger partial charge in [-0.3, -0.25) is 4.52 Å². The molecular weight excluding hydrogens is 357 g/mol. The maximum absolute atomic E-state index is 11.4. The minimum absolute atomic E-state index is 0.268. The van der Waals surface area contributed by atoms with Gasteiger partial charge in [-0.2, -0.15) is 8.62 Å². The molecule has 1 saturated heterocycles. The van der Waals surface area contributed by atoms with Crippen LogP contribution in [-0.2, 0) is 31.6 Å². The Morgan fingerprint density at radius 3 is 2.10 bits per heavy atom. The standard InChI is InChI=1S/C6H15O12P3/c1-4-2-5(7)6(16-4)3-15-20(11,12)18-21(13,14)17-19(8,9)10/h4-7H,2-3H2,1H3,(H,11,12)(H,13,14)(H2,8,9,10)/t4?,5-,6?/m0/s1. The first-order chi connectivity index (χ1) is 9.30. The lowest BCUT2D eigenvalue weighted by Gasteiger charge is -2.19. The van der Waals surface area contributed by atoms with E-state index in [1.165, 1.54) is 0 Å². The Bertz CT molecular complexity index is 499. The molecule has 0 saturated carbocycles. The van der Waals surface area contributed by atoms with Crippen molar-refractivity contribution < 1.29 is 56.3 Å². The van der Waals surface area contributed by atoms with Crippen LogP contribution in [0.15, 0.2) is 0 Å². The fourth-order valence-electron chi connectivity index (χ4n) is 1.56. The Morgan fingerprint density at radius 1 is 1.10 bits per heavy atom. The molecule has 1 fully saturated rings. The van der Waals surface area contributed by atoms with Gasteiger partial charge in [-0.1, -0.05) is 0 Å². The molecule has 0 bridgehead atoms. The summed E-state index contributed by atoms with van der Waals surface area (Å²) < 4.78 is 49.3. The van der Waals surface area contributed by atoms with E-state index in [1.54, 1.807) is 6.92 Å². The summed E-state index contributed by atoms with van der Waals surface area (Å²) in [5, 5.41) is 9.49. The molecule has 1 heterocycles. The van der Waals surface area contributed by atoms with Gasteiger partial charge >= 0.3 is 23.5 Å². The van der Waals surface area contributed by atoms with Gasteiger partial charge in [0.25, 0.3) is 0 Å². The van der Waals surface area contributed by atoms with E-state index in [4.69, 9.17) is 24.3 Å². The van der Waals surface area contributed by atoms with E-state index >= 15 is 0 Å². The summed E-state index contributed by atoms with van der Waals surface area (Å²) in [4.78, 5) is 34.7. The Hall–Kier alpha value is 0.330. The topological polar surface area (TPSA) is 189 Å². The maximum Gasteiger partial charge on any atom is 0.490 e. The molecule has 0 amide bonds. The predicted octanol–water partition coefficient (Wildman–Crippen LogP) is -0.132. The molecule has 4 unspecified atom stereocenters. The van der Waals surface area contributed by atoms with E-state index in [1.807, 2.05) is 0 Å². The third kappa shape index (κ3) is 7.43. The van der Waals surface area contributed by atoms with Crippen LogP contribution in [0.5, 0.6) is 0 Å². The number of hydrogen-bond donors (Lipinski definition) is 5. The van der Waals surface area contributed by atoms with E-state index in [-0.39, 0.29) is 12.5 Å². The molecule has 12 nitrogen and oxygen atoms in total. The van der Waals surface area contributed by atoms with E-state index in [0.29, 0.717) is 0 Å². The number of ether oxygens (including phenoxy) is 1. The molecule has 0 aromatic heterocycles. The zero-order valence-electron chi connectivity index (χ0n) is 10.6. The van der Waals surface area contributed by atoms with E-state index < -0.39 is 42.3 Å². The van der Waals surface area contributed by atoms with Gasteiger partial charge in [-0.05, 0) is 6.92 Å². The molecule has 0 aromatic carbocycles. The van der Waals surface area contributed by atoms with Crippen molar-refractivity contribution in [2.75, 3.05) is 6.61 Å². The molecule has 5 atom stereocenters. The highest BCUT2D eigenvalue weighted by Crippen LogP contribution is 2.66. The van der Waals surface area contributed by atoms with Crippen LogP contribution in [0.2, 0.25) is 0 Å². The monoisotopic (exact) mass is 372 g/mol. The highest BCUT2D eigenvalue weighted by molar-refractivity contribution is 7.66. The van der Waals surface area contributed by atoms with Crippen LogP contribution in [-0.4, -0.2) is 49.6 Å². The van der Waals surface area contributed by atoms with Gasteiger partial charge in [0.1, 0.15) is 6.10 Å². The van der Waals surface area contributed by atoms with Gasteiger partial charge in [-0.15, -0.1) is 0 Å². The second-order valence-electron chi connectivity index (χ2n) is 4.17. The smallest absolute Gasteiger partial charge is 0.390 e. The fraction of sp³-hybridized carbons (Fsp3) is 1.00. The average molecular weight is 372 g/mol. The molecule has 1 aliphatic rings. The normalized spacial score (nSPS) is 32.6. The molecule has 15 heteroatoms. The first-order valence-corrected chi connectivity index (χ1v) is 9.94. The molecule has 1 aliphatic heterocycles. The number of hydrogen-bond acceptors (Lipinski definition) is 8. The molecule has 0 aliphatic carbocycles. The van der Waals surface area contributed by atoms with Gasteiger partial charge in [-0.25, -0.2) is 13.7 Å². The van der Waals surface area contributed by atoms with Crippen LogP contribution < -0.4 is 0 Å². The molecule has 1 rings (SSSR count). The van der Waals surface area contributed by atoms with Gasteiger partial charge in [0, 0.05) is 6.42 Å². The van der Waals surface area contributed by atoms with Gasteiger partial charge in [0.05, 0.1) is 18.8 Å². The van der Waals surface area contributed by atoms with Crippen LogP contribution >= 0.6 is 23.5 Å². The Morgan fingerprint density at radius 2 is 1.67 bits per heavy atom. The van der Waals surface area contributed by atoms with Gasteiger partial charge < -0.3 is 29.4 Å². The highest BCUT2D eigenvalue weighted by atomic mass is 31.3. The third-order valence-corrected chi connectivity index (χ3v) is 6.03. The van der Waals surface area contributed by atoms with Crippen LogP contribution in [0.1, 0.15) is 13.3 Å². The highest BCUT2D eigenvalue weighted by Gasteiger charge is 2.42. The largest absolute Gasteiger partial charge is 0.490 e. The van der Waals surface area contributed by atoms with Crippen molar-refractivity contribution in [2.24, 2.45) is 0 Å². The zero-order valence-corrected chi connectivity index (χ0v) is 13.3. The minimum atomic E-state index is -5.53. The first-order valence-electron chi connectivity index (χ1n) is 5.41. The molecule has 21 heavy (non-hydrogen) atoms. The molecule has 126 valence electrons. The first kappa shape index (κ1) is 19.4. The Labute approximate surface area is 119 Å². The lowest BCUT2D eigenvalue weighted by Crippen LogP contribution is -2.26. The quantitative estimate of drug-likeness (QED) is 0.373. The summed E-state index contributed by atoms with van der Waals surface area (Å²) in [7, 11) is -16.1. The van der Waals surface area contributed by atoms with Crippen molar-refractivity contribution >= 4 is 23.5 Å². The lowest BCUT2D eigenvalue weighted by atomic mass is 10.1. The summed E-state index contributed by atoms with van der Waals surface area (Å²) >= 11 is 0. The summed E-state index contributed by atoms with van der Waals surface area (Å²) in [6.45, 7) is 1.00. The number of phosphoric acid groups is 3. The molecule has 0 radical (unpaired) electrons. The minimum Gasteiger partial charge on any atom is -0.390 e. The maximum atomic E-state index is 11.4. The van der Waals surface area contributed by atoms with E-state index in [2.05, 4.69) is 13.1 Å². The van der Waals surface area contributed by atoms with Crippen molar-refractivity contribution in [3.8, 4) is 0 Å². The molecule has 0 spiro atoms. The number of aliphatic hydroxyl groups is 1. The van der Waals surface area contributed by atoms with Crippen LogP contribution in [0, 0.1) is 0 Å².